The maximum absolute atomic E-state index is 11.6. The topological polar surface area (TPSA) is 38.3 Å². The van der Waals surface area contributed by atoms with Gasteiger partial charge in [-0.3, -0.25) is 0 Å². The number of ether oxygens (including phenoxy) is 1. The SMILES string of the molecule is CCOC(=O)C1Nc2ccccc2C1C. The molecule has 1 aromatic carbocycles. The molecule has 2 unspecified atom stereocenters. The van der Waals surface area contributed by atoms with Gasteiger partial charge < -0.3 is 10.1 Å². The molecule has 0 spiro atoms. The van der Waals surface area contributed by atoms with Crippen LogP contribution in [0.3, 0.4) is 0 Å². The van der Waals surface area contributed by atoms with E-state index >= 15 is 0 Å². The summed E-state index contributed by atoms with van der Waals surface area (Å²) in [6, 6.07) is 7.76. The highest BCUT2D eigenvalue weighted by Crippen LogP contribution is 2.35. The second-order valence-corrected chi connectivity index (χ2v) is 3.75. The number of esters is 1. The van der Waals surface area contributed by atoms with Gasteiger partial charge in [-0.2, -0.15) is 0 Å². The average Bonchev–Trinajstić information content (AvgIpc) is 2.57. The molecule has 0 saturated heterocycles. The number of hydrogen-bond donors (Lipinski definition) is 1. The van der Waals surface area contributed by atoms with Crippen LogP contribution in [0.5, 0.6) is 0 Å². The molecule has 0 fully saturated rings. The van der Waals surface area contributed by atoms with Crippen LogP contribution < -0.4 is 5.32 Å². The highest BCUT2D eigenvalue weighted by atomic mass is 16.5. The molecule has 0 radical (unpaired) electrons. The van der Waals surface area contributed by atoms with Crippen LogP contribution in [0.1, 0.15) is 25.3 Å². The van der Waals surface area contributed by atoms with Crippen molar-refractivity contribution in [2.75, 3.05) is 11.9 Å². The van der Waals surface area contributed by atoms with Crippen molar-refractivity contribution in [1.29, 1.82) is 0 Å². The molecular weight excluding hydrogens is 190 g/mol. The normalized spacial score (nSPS) is 23.1. The van der Waals surface area contributed by atoms with E-state index in [0.29, 0.717) is 6.61 Å². The summed E-state index contributed by atoms with van der Waals surface area (Å²) < 4.78 is 5.03. The Kier molecular flexibility index (Phi) is 2.62. The van der Waals surface area contributed by atoms with E-state index in [1.54, 1.807) is 0 Å². The second-order valence-electron chi connectivity index (χ2n) is 3.75. The van der Waals surface area contributed by atoms with Crippen LogP contribution in [0.15, 0.2) is 24.3 Å². The van der Waals surface area contributed by atoms with Crippen LogP contribution in [0, 0.1) is 0 Å². The minimum absolute atomic E-state index is 0.166. The fourth-order valence-corrected chi connectivity index (χ4v) is 1.99. The van der Waals surface area contributed by atoms with Crippen molar-refractivity contribution in [3.63, 3.8) is 0 Å². The summed E-state index contributed by atoms with van der Waals surface area (Å²) in [6.07, 6.45) is 0. The lowest BCUT2D eigenvalue weighted by atomic mass is 9.97. The maximum atomic E-state index is 11.6. The molecule has 0 bridgehead atoms. The van der Waals surface area contributed by atoms with E-state index in [-0.39, 0.29) is 17.9 Å². The molecule has 0 aromatic heterocycles. The molecule has 1 heterocycles. The smallest absolute Gasteiger partial charge is 0.329 e. The predicted octanol–water partition coefficient (Wildman–Crippen LogP) is 2.15. The van der Waals surface area contributed by atoms with Gasteiger partial charge in [-0.1, -0.05) is 25.1 Å². The van der Waals surface area contributed by atoms with Gasteiger partial charge in [0.05, 0.1) is 6.61 Å². The number of benzene rings is 1. The Hall–Kier alpha value is -1.51. The highest BCUT2D eigenvalue weighted by molar-refractivity contribution is 5.84. The molecule has 0 saturated carbocycles. The summed E-state index contributed by atoms with van der Waals surface area (Å²) in [4.78, 5) is 11.6. The van der Waals surface area contributed by atoms with Gasteiger partial charge in [-0.15, -0.1) is 0 Å². The van der Waals surface area contributed by atoms with Crippen molar-refractivity contribution in [3.05, 3.63) is 29.8 Å². The van der Waals surface area contributed by atoms with Gasteiger partial charge in [0.1, 0.15) is 6.04 Å². The number of para-hydroxylation sites is 1. The quantitative estimate of drug-likeness (QED) is 0.752. The fraction of sp³-hybridized carbons (Fsp3) is 0.417. The highest BCUT2D eigenvalue weighted by Gasteiger charge is 2.34. The number of carbonyl (C=O) groups excluding carboxylic acids is 1. The van der Waals surface area contributed by atoms with E-state index in [1.807, 2.05) is 38.1 Å². The Balaban J connectivity index is 2.19. The summed E-state index contributed by atoms with van der Waals surface area (Å²) >= 11 is 0. The van der Waals surface area contributed by atoms with E-state index in [0.717, 1.165) is 5.69 Å². The third-order valence-corrected chi connectivity index (χ3v) is 2.80. The zero-order valence-corrected chi connectivity index (χ0v) is 8.99. The molecule has 80 valence electrons. The number of carbonyl (C=O) groups is 1. The Morgan fingerprint density at radius 2 is 2.20 bits per heavy atom. The summed E-state index contributed by atoms with van der Waals surface area (Å²) in [7, 11) is 0. The molecule has 1 aromatic rings. The number of fused-ring (bicyclic) bond motifs is 1. The van der Waals surface area contributed by atoms with E-state index in [1.165, 1.54) is 5.56 Å². The minimum atomic E-state index is -0.234. The van der Waals surface area contributed by atoms with Crippen molar-refractivity contribution in [2.24, 2.45) is 0 Å². The van der Waals surface area contributed by atoms with Crippen molar-refractivity contribution >= 4 is 11.7 Å². The Labute approximate surface area is 89.4 Å². The van der Waals surface area contributed by atoms with Crippen molar-refractivity contribution in [3.8, 4) is 0 Å². The lowest BCUT2D eigenvalue weighted by molar-refractivity contribution is -0.144. The van der Waals surface area contributed by atoms with Gasteiger partial charge in [0, 0.05) is 11.6 Å². The first kappa shape index (κ1) is 10.0. The van der Waals surface area contributed by atoms with Gasteiger partial charge in [-0.25, -0.2) is 4.79 Å². The lowest BCUT2D eigenvalue weighted by Gasteiger charge is -2.14. The molecule has 2 rings (SSSR count). The molecule has 3 nitrogen and oxygen atoms in total. The molecule has 1 aliphatic rings. The van der Waals surface area contributed by atoms with Crippen LogP contribution in [0.25, 0.3) is 0 Å². The van der Waals surface area contributed by atoms with Gasteiger partial charge in [0.15, 0.2) is 0 Å². The van der Waals surface area contributed by atoms with Crippen molar-refractivity contribution in [2.45, 2.75) is 25.8 Å². The lowest BCUT2D eigenvalue weighted by Crippen LogP contribution is -2.31. The first-order valence-corrected chi connectivity index (χ1v) is 5.26. The predicted molar refractivity (Wildman–Crippen MR) is 58.9 cm³/mol. The molecule has 3 heteroatoms. The largest absolute Gasteiger partial charge is 0.464 e. The Morgan fingerprint density at radius 3 is 2.87 bits per heavy atom. The molecule has 0 amide bonds. The number of hydrogen-bond acceptors (Lipinski definition) is 3. The number of anilines is 1. The monoisotopic (exact) mass is 205 g/mol. The van der Waals surface area contributed by atoms with Crippen LogP contribution >= 0.6 is 0 Å². The zero-order valence-electron chi connectivity index (χ0n) is 8.99. The zero-order chi connectivity index (χ0) is 10.8. The molecule has 1 N–H and O–H groups in total. The number of rotatable bonds is 2. The summed E-state index contributed by atoms with van der Waals surface area (Å²) in [5.74, 6) is 0.0152. The van der Waals surface area contributed by atoms with Gasteiger partial charge in [0.25, 0.3) is 0 Å². The molecule has 0 aliphatic carbocycles. The van der Waals surface area contributed by atoms with E-state index in [2.05, 4.69) is 5.32 Å². The van der Waals surface area contributed by atoms with Crippen LogP contribution in [0.4, 0.5) is 5.69 Å². The molecule has 2 atom stereocenters. The van der Waals surface area contributed by atoms with Crippen LogP contribution in [-0.2, 0) is 9.53 Å². The van der Waals surface area contributed by atoms with Crippen molar-refractivity contribution < 1.29 is 9.53 Å². The first-order valence-electron chi connectivity index (χ1n) is 5.26. The molecule has 1 aliphatic heterocycles. The summed E-state index contributed by atoms with van der Waals surface area (Å²) in [5.41, 5.74) is 2.23. The first-order chi connectivity index (χ1) is 7.24. The van der Waals surface area contributed by atoms with Gasteiger partial charge >= 0.3 is 5.97 Å². The van der Waals surface area contributed by atoms with Gasteiger partial charge in [0.2, 0.25) is 0 Å². The van der Waals surface area contributed by atoms with Crippen LogP contribution in [-0.4, -0.2) is 18.6 Å². The Bertz CT molecular complexity index is 376. The van der Waals surface area contributed by atoms with E-state index in [9.17, 15) is 4.79 Å². The van der Waals surface area contributed by atoms with E-state index < -0.39 is 0 Å². The van der Waals surface area contributed by atoms with E-state index in [4.69, 9.17) is 4.74 Å². The fourth-order valence-electron chi connectivity index (χ4n) is 1.99. The third-order valence-electron chi connectivity index (χ3n) is 2.80. The standard InChI is InChI=1S/C12H15NO2/c1-3-15-12(14)11-8(2)9-6-4-5-7-10(9)13-11/h4-8,11,13H,3H2,1-2H3. The Morgan fingerprint density at radius 1 is 1.47 bits per heavy atom. The van der Waals surface area contributed by atoms with Crippen molar-refractivity contribution in [1.82, 2.24) is 0 Å². The summed E-state index contributed by atoms with van der Waals surface area (Å²) in [5, 5.41) is 3.19. The molecule has 15 heavy (non-hydrogen) atoms. The second kappa shape index (κ2) is 3.93. The van der Waals surface area contributed by atoms with Gasteiger partial charge in [-0.05, 0) is 18.6 Å². The van der Waals surface area contributed by atoms with Crippen LogP contribution in [0.2, 0.25) is 0 Å². The third kappa shape index (κ3) is 1.69. The number of nitrogens with one attached hydrogen (secondary N) is 1. The maximum Gasteiger partial charge on any atom is 0.329 e. The minimum Gasteiger partial charge on any atom is -0.464 e. The summed E-state index contributed by atoms with van der Waals surface area (Å²) in [6.45, 7) is 4.30. The molecular formula is C12H15NO2. The average molecular weight is 205 g/mol.